The van der Waals surface area contributed by atoms with Gasteiger partial charge in [0.1, 0.15) is 6.04 Å². The third-order valence-corrected chi connectivity index (χ3v) is 2.98. The van der Waals surface area contributed by atoms with Crippen molar-refractivity contribution in [2.24, 2.45) is 5.73 Å². The summed E-state index contributed by atoms with van der Waals surface area (Å²) in [5.41, 5.74) is 5.38. The lowest BCUT2D eigenvalue weighted by atomic mass is 10.1. The largest absolute Gasteiger partial charge is 0.354 e. The minimum absolute atomic E-state index is 0.0240. The lowest BCUT2D eigenvalue weighted by Crippen LogP contribution is -2.45. The Morgan fingerprint density at radius 1 is 1.35 bits per heavy atom. The van der Waals surface area contributed by atoms with Crippen LogP contribution >= 0.6 is 0 Å². The molecule has 0 aromatic carbocycles. The number of rotatable bonds is 6. The SMILES string of the molecule is NCCCCCC(=O)NC1CCCCNC1=O. The second-order valence-electron chi connectivity index (χ2n) is 4.51. The van der Waals surface area contributed by atoms with Crippen molar-refractivity contribution in [3.63, 3.8) is 0 Å². The molecular weight excluding hydrogens is 218 g/mol. The molecule has 1 heterocycles. The van der Waals surface area contributed by atoms with Crippen LogP contribution in [0.3, 0.4) is 0 Å². The molecule has 2 amide bonds. The molecule has 1 aliphatic heterocycles. The molecule has 1 aliphatic rings. The monoisotopic (exact) mass is 241 g/mol. The summed E-state index contributed by atoms with van der Waals surface area (Å²) in [6.07, 6.45) is 5.99. The first-order chi connectivity index (χ1) is 8.24. The van der Waals surface area contributed by atoms with Gasteiger partial charge in [-0.1, -0.05) is 6.42 Å². The van der Waals surface area contributed by atoms with E-state index in [0.717, 1.165) is 45.1 Å². The Morgan fingerprint density at radius 2 is 2.18 bits per heavy atom. The zero-order chi connectivity index (χ0) is 12.5. The van der Waals surface area contributed by atoms with Crippen molar-refractivity contribution in [3.05, 3.63) is 0 Å². The van der Waals surface area contributed by atoms with Gasteiger partial charge >= 0.3 is 0 Å². The molecule has 0 bridgehead atoms. The van der Waals surface area contributed by atoms with Crippen molar-refractivity contribution in [2.75, 3.05) is 13.1 Å². The van der Waals surface area contributed by atoms with Gasteiger partial charge in [-0.2, -0.15) is 0 Å². The maximum Gasteiger partial charge on any atom is 0.242 e. The van der Waals surface area contributed by atoms with E-state index in [1.165, 1.54) is 0 Å². The fourth-order valence-electron chi connectivity index (χ4n) is 1.95. The predicted molar refractivity (Wildman–Crippen MR) is 66.3 cm³/mol. The van der Waals surface area contributed by atoms with Gasteiger partial charge in [0.2, 0.25) is 11.8 Å². The van der Waals surface area contributed by atoms with Gasteiger partial charge in [0.15, 0.2) is 0 Å². The highest BCUT2D eigenvalue weighted by molar-refractivity contribution is 5.87. The quantitative estimate of drug-likeness (QED) is 0.584. The van der Waals surface area contributed by atoms with Gasteiger partial charge in [-0.25, -0.2) is 0 Å². The van der Waals surface area contributed by atoms with Crippen LogP contribution in [-0.2, 0) is 9.59 Å². The third-order valence-electron chi connectivity index (χ3n) is 2.98. The molecule has 98 valence electrons. The van der Waals surface area contributed by atoms with Crippen molar-refractivity contribution in [3.8, 4) is 0 Å². The Kier molecular flexibility index (Phi) is 6.62. The number of nitrogens with two attached hydrogens (primary N) is 1. The number of carbonyl (C=O) groups excluding carboxylic acids is 2. The van der Waals surface area contributed by atoms with Crippen molar-refractivity contribution >= 4 is 11.8 Å². The number of amides is 2. The fourth-order valence-corrected chi connectivity index (χ4v) is 1.95. The lowest BCUT2D eigenvalue weighted by molar-refractivity contribution is -0.128. The van der Waals surface area contributed by atoms with Crippen molar-refractivity contribution < 1.29 is 9.59 Å². The van der Waals surface area contributed by atoms with Gasteiger partial charge < -0.3 is 16.4 Å². The molecule has 5 heteroatoms. The highest BCUT2D eigenvalue weighted by Crippen LogP contribution is 2.06. The second kappa shape index (κ2) is 8.06. The molecule has 5 nitrogen and oxygen atoms in total. The molecule has 0 saturated carbocycles. The minimum Gasteiger partial charge on any atom is -0.354 e. The molecular formula is C12H23N3O2. The van der Waals surface area contributed by atoms with Crippen LogP contribution in [0.4, 0.5) is 0 Å². The highest BCUT2D eigenvalue weighted by Gasteiger charge is 2.21. The number of unbranched alkanes of at least 4 members (excludes halogenated alkanes) is 2. The molecule has 1 atom stereocenters. The normalized spacial score (nSPS) is 20.5. The smallest absolute Gasteiger partial charge is 0.242 e. The number of hydrogen-bond donors (Lipinski definition) is 3. The number of hydrogen-bond acceptors (Lipinski definition) is 3. The van der Waals surface area contributed by atoms with Gasteiger partial charge in [-0.3, -0.25) is 9.59 Å². The molecule has 17 heavy (non-hydrogen) atoms. The molecule has 0 aliphatic carbocycles. The average molecular weight is 241 g/mol. The van der Waals surface area contributed by atoms with Crippen LogP contribution in [0.5, 0.6) is 0 Å². The van der Waals surface area contributed by atoms with E-state index in [1.54, 1.807) is 0 Å². The fraction of sp³-hybridized carbons (Fsp3) is 0.833. The van der Waals surface area contributed by atoms with E-state index in [-0.39, 0.29) is 17.9 Å². The summed E-state index contributed by atoms with van der Waals surface area (Å²) in [5, 5.41) is 5.61. The highest BCUT2D eigenvalue weighted by atomic mass is 16.2. The molecule has 0 aromatic heterocycles. The van der Waals surface area contributed by atoms with E-state index in [1.807, 2.05) is 0 Å². The molecule has 1 rings (SSSR count). The lowest BCUT2D eigenvalue weighted by Gasteiger charge is -2.14. The van der Waals surface area contributed by atoms with Crippen molar-refractivity contribution in [1.82, 2.24) is 10.6 Å². The van der Waals surface area contributed by atoms with Crippen LogP contribution in [0.1, 0.15) is 44.9 Å². The van der Waals surface area contributed by atoms with Crippen LogP contribution in [0.2, 0.25) is 0 Å². The van der Waals surface area contributed by atoms with Gasteiger partial charge in [-0.15, -0.1) is 0 Å². The Morgan fingerprint density at radius 3 is 2.94 bits per heavy atom. The molecule has 1 unspecified atom stereocenters. The Bertz CT molecular complexity index is 256. The van der Waals surface area contributed by atoms with Crippen molar-refractivity contribution in [1.29, 1.82) is 0 Å². The van der Waals surface area contributed by atoms with E-state index in [2.05, 4.69) is 10.6 Å². The summed E-state index contributed by atoms with van der Waals surface area (Å²) in [7, 11) is 0. The van der Waals surface area contributed by atoms with E-state index < -0.39 is 0 Å². The topological polar surface area (TPSA) is 84.2 Å². The summed E-state index contributed by atoms with van der Waals surface area (Å²) >= 11 is 0. The molecule has 0 aromatic rings. The summed E-state index contributed by atoms with van der Waals surface area (Å²) in [6, 6.07) is -0.334. The maximum absolute atomic E-state index is 11.6. The first-order valence-electron chi connectivity index (χ1n) is 6.51. The van der Waals surface area contributed by atoms with E-state index >= 15 is 0 Å². The zero-order valence-corrected chi connectivity index (χ0v) is 10.3. The summed E-state index contributed by atoms with van der Waals surface area (Å²) < 4.78 is 0. The standard InChI is InChI=1S/C12H23N3O2/c13-8-4-1-2-7-11(16)15-10-6-3-5-9-14-12(10)17/h10H,1-9,13H2,(H,14,17)(H,15,16). The van der Waals surface area contributed by atoms with Crippen LogP contribution in [0.15, 0.2) is 0 Å². The average Bonchev–Trinajstić information content (AvgIpc) is 2.51. The first kappa shape index (κ1) is 14.0. The maximum atomic E-state index is 11.6. The van der Waals surface area contributed by atoms with Gasteiger partial charge in [0.25, 0.3) is 0 Å². The Balaban J connectivity index is 2.21. The summed E-state index contributed by atoms with van der Waals surface area (Å²) in [6.45, 7) is 1.40. The second-order valence-corrected chi connectivity index (χ2v) is 4.51. The molecule has 0 radical (unpaired) electrons. The minimum atomic E-state index is -0.334. The van der Waals surface area contributed by atoms with Crippen molar-refractivity contribution in [2.45, 2.75) is 51.0 Å². The van der Waals surface area contributed by atoms with Crippen LogP contribution < -0.4 is 16.4 Å². The summed E-state index contributed by atoms with van der Waals surface area (Å²) in [4.78, 5) is 23.2. The molecule has 1 fully saturated rings. The van der Waals surface area contributed by atoms with Crippen LogP contribution in [0.25, 0.3) is 0 Å². The van der Waals surface area contributed by atoms with Crippen LogP contribution in [-0.4, -0.2) is 30.9 Å². The first-order valence-corrected chi connectivity index (χ1v) is 6.51. The van der Waals surface area contributed by atoms with E-state index in [4.69, 9.17) is 5.73 Å². The van der Waals surface area contributed by atoms with Gasteiger partial charge in [0, 0.05) is 13.0 Å². The Hall–Kier alpha value is -1.10. The Labute approximate surface area is 103 Å². The molecule has 0 spiro atoms. The van der Waals surface area contributed by atoms with Crippen LogP contribution in [0, 0.1) is 0 Å². The number of carbonyl (C=O) groups is 2. The number of nitrogens with one attached hydrogen (secondary N) is 2. The zero-order valence-electron chi connectivity index (χ0n) is 10.3. The van der Waals surface area contributed by atoms with E-state index in [9.17, 15) is 9.59 Å². The van der Waals surface area contributed by atoms with Gasteiger partial charge in [-0.05, 0) is 38.6 Å². The third kappa shape index (κ3) is 5.68. The molecule has 4 N–H and O–H groups in total. The predicted octanol–water partition coefficient (Wildman–Crippen LogP) is 0.290. The van der Waals surface area contributed by atoms with E-state index in [0.29, 0.717) is 13.0 Å². The van der Waals surface area contributed by atoms with Gasteiger partial charge in [0.05, 0.1) is 0 Å². The summed E-state index contributed by atoms with van der Waals surface area (Å²) in [5.74, 6) is -0.0677. The molecule has 1 saturated heterocycles.